The van der Waals surface area contributed by atoms with Crippen molar-refractivity contribution in [2.45, 2.75) is 45.4 Å². The number of aryl methyl sites for hydroxylation is 1. The molecular formula is C17H26N2O4. The van der Waals surface area contributed by atoms with Crippen LogP contribution in [0.15, 0.2) is 16.5 Å². The third-order valence-electron chi connectivity index (χ3n) is 4.84. The first-order valence-corrected chi connectivity index (χ1v) is 8.37. The number of hydrogen-bond donors (Lipinski definition) is 1. The van der Waals surface area contributed by atoms with Crippen LogP contribution in [-0.2, 0) is 9.47 Å². The normalized spacial score (nSPS) is 25.3. The standard InChI is InChI=1S/C17H26N2O4/c1-12-6-7-15(23-12)13(2)18-16(20)19-8-4-5-14(11-19)17(3)21-9-10-22-17/h6-7,13-14H,4-5,8-11H2,1-3H3,(H,18,20)/t13-,14+/m0/s1. The molecule has 3 heterocycles. The van der Waals surface area contributed by atoms with Gasteiger partial charge in [-0.1, -0.05) is 0 Å². The smallest absolute Gasteiger partial charge is 0.317 e. The molecule has 128 valence electrons. The molecule has 3 rings (SSSR count). The zero-order chi connectivity index (χ0) is 16.4. The topological polar surface area (TPSA) is 63.9 Å². The number of urea groups is 1. The van der Waals surface area contributed by atoms with Crippen LogP contribution in [0.25, 0.3) is 0 Å². The number of piperidine rings is 1. The van der Waals surface area contributed by atoms with Gasteiger partial charge in [-0.05, 0) is 45.7 Å². The van der Waals surface area contributed by atoms with Gasteiger partial charge in [0.15, 0.2) is 5.79 Å². The molecule has 1 N–H and O–H groups in total. The third kappa shape index (κ3) is 3.53. The highest BCUT2D eigenvalue weighted by molar-refractivity contribution is 5.74. The summed E-state index contributed by atoms with van der Waals surface area (Å²) in [4.78, 5) is 14.4. The van der Waals surface area contributed by atoms with E-state index >= 15 is 0 Å². The molecule has 2 amide bonds. The molecule has 0 aliphatic carbocycles. The highest BCUT2D eigenvalue weighted by Gasteiger charge is 2.42. The molecule has 1 aromatic heterocycles. The SMILES string of the molecule is Cc1ccc([C@H](C)NC(=O)N2CCC[C@@H](C3(C)OCCO3)C2)o1. The minimum atomic E-state index is -0.553. The first-order chi connectivity index (χ1) is 11.0. The van der Waals surface area contributed by atoms with Crippen molar-refractivity contribution in [3.63, 3.8) is 0 Å². The number of nitrogens with one attached hydrogen (secondary N) is 1. The van der Waals surface area contributed by atoms with Gasteiger partial charge in [-0.2, -0.15) is 0 Å². The van der Waals surface area contributed by atoms with E-state index in [1.807, 2.05) is 37.8 Å². The Morgan fingerprint density at radius 3 is 2.78 bits per heavy atom. The fourth-order valence-electron chi connectivity index (χ4n) is 3.39. The van der Waals surface area contributed by atoms with E-state index in [1.165, 1.54) is 0 Å². The molecule has 6 heteroatoms. The number of rotatable bonds is 3. The molecule has 0 radical (unpaired) electrons. The molecule has 2 atom stereocenters. The molecular weight excluding hydrogens is 296 g/mol. The van der Waals surface area contributed by atoms with Crippen molar-refractivity contribution >= 4 is 6.03 Å². The van der Waals surface area contributed by atoms with Crippen molar-refractivity contribution in [1.29, 1.82) is 0 Å². The summed E-state index contributed by atoms with van der Waals surface area (Å²) in [6.07, 6.45) is 1.99. The van der Waals surface area contributed by atoms with Crippen LogP contribution in [0.3, 0.4) is 0 Å². The van der Waals surface area contributed by atoms with Gasteiger partial charge in [-0.3, -0.25) is 0 Å². The monoisotopic (exact) mass is 322 g/mol. The summed E-state index contributed by atoms with van der Waals surface area (Å²) in [7, 11) is 0. The number of nitrogens with zero attached hydrogens (tertiary/aromatic N) is 1. The number of furan rings is 1. The number of carbonyl (C=O) groups excluding carboxylic acids is 1. The Morgan fingerprint density at radius 1 is 1.39 bits per heavy atom. The maximum Gasteiger partial charge on any atom is 0.317 e. The Labute approximate surface area is 137 Å². The molecule has 0 saturated carbocycles. The zero-order valence-corrected chi connectivity index (χ0v) is 14.1. The molecule has 0 aromatic carbocycles. The summed E-state index contributed by atoms with van der Waals surface area (Å²) in [6, 6.07) is 3.61. The van der Waals surface area contributed by atoms with Crippen molar-refractivity contribution < 1.29 is 18.7 Å². The van der Waals surface area contributed by atoms with E-state index in [2.05, 4.69) is 5.32 Å². The molecule has 23 heavy (non-hydrogen) atoms. The first kappa shape index (κ1) is 16.3. The van der Waals surface area contributed by atoms with Gasteiger partial charge in [0, 0.05) is 19.0 Å². The van der Waals surface area contributed by atoms with Crippen molar-refractivity contribution in [3.05, 3.63) is 23.7 Å². The van der Waals surface area contributed by atoms with Crippen molar-refractivity contribution in [1.82, 2.24) is 10.2 Å². The summed E-state index contributed by atoms with van der Waals surface area (Å²) < 4.78 is 17.1. The highest BCUT2D eigenvalue weighted by atomic mass is 16.7. The molecule has 2 fully saturated rings. The van der Waals surface area contributed by atoms with Crippen LogP contribution in [0.1, 0.15) is 44.3 Å². The fourth-order valence-corrected chi connectivity index (χ4v) is 3.39. The second kappa shape index (κ2) is 6.53. The largest absolute Gasteiger partial charge is 0.464 e. The Balaban J connectivity index is 1.58. The zero-order valence-electron chi connectivity index (χ0n) is 14.1. The maximum absolute atomic E-state index is 12.5. The van der Waals surface area contributed by atoms with Gasteiger partial charge < -0.3 is 24.1 Å². The lowest BCUT2D eigenvalue weighted by molar-refractivity contribution is -0.189. The van der Waals surface area contributed by atoms with Crippen LogP contribution >= 0.6 is 0 Å². The molecule has 2 saturated heterocycles. The van der Waals surface area contributed by atoms with Gasteiger partial charge in [-0.15, -0.1) is 0 Å². The summed E-state index contributed by atoms with van der Waals surface area (Å²) in [6.45, 7) is 8.51. The Hall–Kier alpha value is -1.53. The summed E-state index contributed by atoms with van der Waals surface area (Å²) in [5.41, 5.74) is 0. The molecule has 0 spiro atoms. The van der Waals surface area contributed by atoms with E-state index in [1.54, 1.807) is 0 Å². The van der Waals surface area contributed by atoms with Crippen LogP contribution in [0.2, 0.25) is 0 Å². The number of amides is 2. The minimum absolute atomic E-state index is 0.0575. The number of ether oxygens (including phenoxy) is 2. The van der Waals surface area contributed by atoms with Gasteiger partial charge in [-0.25, -0.2) is 4.79 Å². The van der Waals surface area contributed by atoms with Crippen LogP contribution in [-0.4, -0.2) is 43.0 Å². The van der Waals surface area contributed by atoms with Crippen LogP contribution in [0, 0.1) is 12.8 Å². The third-order valence-corrected chi connectivity index (χ3v) is 4.84. The summed E-state index contributed by atoms with van der Waals surface area (Å²) in [5, 5.41) is 3.01. The predicted octanol–water partition coefficient (Wildman–Crippen LogP) is 2.83. The van der Waals surface area contributed by atoms with E-state index in [-0.39, 0.29) is 18.0 Å². The lowest BCUT2D eigenvalue weighted by Crippen LogP contribution is -2.51. The van der Waals surface area contributed by atoms with Gasteiger partial charge >= 0.3 is 6.03 Å². The number of likely N-dealkylation sites (tertiary alicyclic amines) is 1. The Morgan fingerprint density at radius 2 is 2.13 bits per heavy atom. The Bertz CT molecular complexity index is 551. The van der Waals surface area contributed by atoms with E-state index in [0.717, 1.165) is 30.9 Å². The molecule has 0 unspecified atom stereocenters. The van der Waals surface area contributed by atoms with Gasteiger partial charge in [0.2, 0.25) is 0 Å². The average molecular weight is 322 g/mol. The number of carbonyl (C=O) groups is 1. The molecule has 2 aliphatic heterocycles. The molecule has 6 nitrogen and oxygen atoms in total. The van der Waals surface area contributed by atoms with Gasteiger partial charge in [0.1, 0.15) is 11.5 Å². The number of hydrogen-bond acceptors (Lipinski definition) is 4. The van der Waals surface area contributed by atoms with Crippen molar-refractivity contribution in [2.75, 3.05) is 26.3 Å². The lowest BCUT2D eigenvalue weighted by atomic mass is 9.90. The van der Waals surface area contributed by atoms with Gasteiger partial charge in [0.05, 0.1) is 19.3 Å². The van der Waals surface area contributed by atoms with E-state index < -0.39 is 5.79 Å². The minimum Gasteiger partial charge on any atom is -0.464 e. The van der Waals surface area contributed by atoms with E-state index in [4.69, 9.17) is 13.9 Å². The van der Waals surface area contributed by atoms with Crippen molar-refractivity contribution in [3.8, 4) is 0 Å². The first-order valence-electron chi connectivity index (χ1n) is 8.37. The Kier molecular flexibility index (Phi) is 4.64. The predicted molar refractivity (Wildman–Crippen MR) is 85.0 cm³/mol. The van der Waals surface area contributed by atoms with E-state index in [0.29, 0.717) is 19.8 Å². The highest BCUT2D eigenvalue weighted by Crippen LogP contribution is 2.34. The molecule has 1 aromatic rings. The maximum atomic E-state index is 12.5. The molecule has 0 bridgehead atoms. The summed E-state index contributed by atoms with van der Waals surface area (Å²) in [5.74, 6) is 1.29. The lowest BCUT2D eigenvalue weighted by Gasteiger charge is -2.40. The van der Waals surface area contributed by atoms with Crippen LogP contribution in [0.4, 0.5) is 4.79 Å². The van der Waals surface area contributed by atoms with Crippen molar-refractivity contribution in [2.24, 2.45) is 5.92 Å². The average Bonchev–Trinajstić information content (AvgIpc) is 3.17. The summed E-state index contributed by atoms with van der Waals surface area (Å²) >= 11 is 0. The fraction of sp³-hybridized carbons (Fsp3) is 0.706. The van der Waals surface area contributed by atoms with Crippen LogP contribution < -0.4 is 5.32 Å². The second-order valence-corrected chi connectivity index (χ2v) is 6.62. The molecule has 2 aliphatic rings. The van der Waals surface area contributed by atoms with E-state index in [9.17, 15) is 4.79 Å². The second-order valence-electron chi connectivity index (χ2n) is 6.62. The van der Waals surface area contributed by atoms with Gasteiger partial charge in [0.25, 0.3) is 0 Å². The quantitative estimate of drug-likeness (QED) is 0.929. The van der Waals surface area contributed by atoms with Crippen LogP contribution in [0.5, 0.6) is 0 Å².